The molecular weight excluding hydrogens is 1830 g/mol. The van der Waals surface area contributed by atoms with Crippen LogP contribution in [0.15, 0.2) is 508 Å². The Hall–Kier alpha value is -19.7. The first kappa shape index (κ1) is 84.8. The molecule has 704 valence electrons. The van der Waals surface area contributed by atoms with Crippen LogP contribution in [0.3, 0.4) is 0 Å². The largest absolute Gasteiger partial charge is 0.456 e. The molecule has 150 heavy (non-hydrogen) atoms. The second-order valence-corrected chi connectivity index (χ2v) is 40.0. The predicted octanol–water partition coefficient (Wildman–Crippen LogP) is 35.2. The summed E-state index contributed by atoms with van der Waals surface area (Å²) in [6.07, 6.45) is 19.2. The highest BCUT2D eigenvalue weighted by atomic mass is 16.3. The molecule has 6 unspecified atom stereocenters. The fourth-order valence-electron chi connectivity index (χ4n) is 25.5. The van der Waals surface area contributed by atoms with Crippen LogP contribution in [0.25, 0.3) is 164 Å². The highest BCUT2D eigenvalue weighted by Gasteiger charge is 2.55. The third kappa shape index (κ3) is 13.4. The number of nitrogens with zero attached hydrogens (tertiary/aromatic N) is 12. The van der Waals surface area contributed by atoms with Crippen molar-refractivity contribution in [3.05, 3.63) is 532 Å². The van der Waals surface area contributed by atoms with Gasteiger partial charge in [0, 0.05) is 206 Å². The van der Waals surface area contributed by atoms with Gasteiger partial charge in [0.25, 0.3) is 0 Å². The molecule has 14 heterocycles. The first-order chi connectivity index (χ1) is 74.4. The van der Waals surface area contributed by atoms with E-state index in [2.05, 4.69) is 456 Å². The third-order valence-corrected chi connectivity index (χ3v) is 31.9. The van der Waals surface area contributed by atoms with E-state index in [1.807, 2.05) is 92.2 Å². The predicted molar refractivity (Wildman–Crippen MR) is 612 cm³/mol. The van der Waals surface area contributed by atoms with Crippen LogP contribution in [-0.2, 0) is 0 Å². The lowest BCUT2D eigenvalue weighted by Gasteiger charge is -2.30. The van der Waals surface area contributed by atoms with Crippen molar-refractivity contribution in [2.75, 3.05) is 29.4 Å². The molecule has 0 spiro atoms. The molecule has 0 radical (unpaired) electrons. The van der Waals surface area contributed by atoms with Gasteiger partial charge in [-0.2, -0.15) is 0 Å². The Labute approximate surface area is 862 Å². The van der Waals surface area contributed by atoms with E-state index in [-0.39, 0.29) is 36.3 Å². The molecule has 33 rings (SSSR count). The van der Waals surface area contributed by atoms with Gasteiger partial charge in [-0.1, -0.05) is 255 Å². The standard InChI is InChI=1S/C50H34N6.C46H28N2O2.C40H26N4/c1-2-10-34-28-48-46(27-33(34)9-1)50-49(56(48)44-25-41(37-13-7-19-53-31-37)22-42(26-44)38-14-8-20-54-32-38)45-15-3-4-16-47(45)55(50)43-23-39(35-11-5-17-51-29-35)21-40(24-43)36-12-6-18-52-30-36;1-3-11-29-23-39-37(21-27(29)9-1)45-46(47(39)31-17-19-35-33-13-5-7-15-41(33)49-43(35)25-31)38-22-28-10-2-4-12-30(28)24-40(38)48(45)32-18-20-36-34-14-6-8-16-42(34)50-44(36)26-32;1-8-18-34-25(11-1)21-27(23-41-34)43-36-20-10-7-17-33(36)39-40(43)37-31-15-5-3-13-29(31)30-14-4-6-16-32(30)38(37)44(39)28-22-26-12-2-9-19-35(26)42-24-28/h1-32,49-50H;1-26,45-46H;1-24,39-40H. The van der Waals surface area contributed by atoms with Crippen molar-refractivity contribution in [2.24, 2.45) is 0 Å². The molecule has 6 aliphatic rings. The van der Waals surface area contributed by atoms with E-state index in [1.54, 1.807) is 0 Å². The zero-order valence-corrected chi connectivity index (χ0v) is 81.0. The average molecular weight is 1920 g/mol. The molecule has 0 aliphatic carbocycles. The zero-order valence-electron chi connectivity index (χ0n) is 81.0. The Morgan fingerprint density at radius 3 is 0.907 bits per heavy atom. The normalized spacial score (nSPS) is 16.3. The summed E-state index contributed by atoms with van der Waals surface area (Å²) in [6.45, 7) is 0. The van der Waals surface area contributed by atoms with Gasteiger partial charge in [-0.25, -0.2) is 0 Å². The number of pyridine rings is 6. The minimum absolute atomic E-state index is 0.0206. The molecule has 14 nitrogen and oxygen atoms in total. The number of para-hydroxylation sites is 6. The maximum atomic E-state index is 6.46. The number of aromatic nitrogens is 6. The van der Waals surface area contributed by atoms with Gasteiger partial charge in [0.1, 0.15) is 22.3 Å². The second kappa shape index (κ2) is 34.0. The van der Waals surface area contributed by atoms with Gasteiger partial charge in [0.2, 0.25) is 0 Å². The van der Waals surface area contributed by atoms with Gasteiger partial charge in [-0.3, -0.25) is 29.9 Å². The van der Waals surface area contributed by atoms with E-state index < -0.39 is 0 Å². The number of benzene rings is 19. The van der Waals surface area contributed by atoms with Crippen LogP contribution >= 0.6 is 0 Å². The Bertz CT molecular complexity index is 9890. The molecule has 0 saturated heterocycles. The first-order valence-corrected chi connectivity index (χ1v) is 51.3. The summed E-state index contributed by atoms with van der Waals surface area (Å²) in [5, 5.41) is 19.3. The third-order valence-electron chi connectivity index (χ3n) is 31.9. The molecule has 0 fully saturated rings. The lowest BCUT2D eigenvalue weighted by molar-refractivity contribution is 0.632. The van der Waals surface area contributed by atoms with E-state index in [0.717, 1.165) is 144 Å². The maximum absolute atomic E-state index is 6.46. The van der Waals surface area contributed by atoms with Crippen LogP contribution in [0.4, 0.5) is 68.2 Å². The number of anilines is 12. The smallest absolute Gasteiger partial charge is 0.137 e. The van der Waals surface area contributed by atoms with Crippen molar-refractivity contribution in [3.63, 3.8) is 0 Å². The summed E-state index contributed by atoms with van der Waals surface area (Å²) < 4.78 is 12.9. The number of hydrogen-bond donors (Lipinski definition) is 0. The highest BCUT2D eigenvalue weighted by molar-refractivity contribution is 6.19. The van der Waals surface area contributed by atoms with E-state index in [4.69, 9.17) is 18.8 Å². The Kier molecular flexibility index (Phi) is 19.2. The van der Waals surface area contributed by atoms with Gasteiger partial charge in [0.15, 0.2) is 0 Å². The fourth-order valence-corrected chi connectivity index (χ4v) is 25.5. The van der Waals surface area contributed by atoms with Crippen molar-refractivity contribution in [3.8, 4) is 44.5 Å². The average Bonchev–Trinajstić information content (AvgIpc) is 1.53. The molecule has 0 N–H and O–H groups in total. The maximum Gasteiger partial charge on any atom is 0.137 e. The van der Waals surface area contributed by atoms with Crippen LogP contribution in [-0.4, -0.2) is 29.9 Å². The van der Waals surface area contributed by atoms with E-state index in [9.17, 15) is 0 Å². The number of rotatable bonds is 10. The summed E-state index contributed by atoms with van der Waals surface area (Å²) in [5.41, 5.74) is 36.2. The summed E-state index contributed by atoms with van der Waals surface area (Å²) >= 11 is 0. The Morgan fingerprint density at radius 2 is 0.487 bits per heavy atom. The minimum atomic E-state index is -0.0261. The quantitative estimate of drug-likeness (QED) is 0.121. The molecule has 0 amide bonds. The van der Waals surface area contributed by atoms with Crippen molar-refractivity contribution in [1.82, 2.24) is 29.9 Å². The Balaban J connectivity index is 0.000000102. The second-order valence-electron chi connectivity index (χ2n) is 40.0. The van der Waals surface area contributed by atoms with Crippen LogP contribution < -0.4 is 29.4 Å². The highest BCUT2D eigenvalue weighted by Crippen LogP contribution is 2.69. The van der Waals surface area contributed by atoms with Crippen molar-refractivity contribution in [1.29, 1.82) is 0 Å². The molecule has 8 aromatic heterocycles. The van der Waals surface area contributed by atoms with Gasteiger partial charge in [-0.15, -0.1) is 0 Å². The fraction of sp³-hybridized carbons (Fsp3) is 0.0441. The molecule has 14 heteroatoms. The number of furan rings is 2. The van der Waals surface area contributed by atoms with Crippen molar-refractivity contribution >= 4 is 188 Å². The summed E-state index contributed by atoms with van der Waals surface area (Å²) in [5.74, 6) is 0. The van der Waals surface area contributed by atoms with Crippen LogP contribution in [0.1, 0.15) is 69.6 Å². The first-order valence-electron chi connectivity index (χ1n) is 51.3. The zero-order chi connectivity index (χ0) is 98.3. The van der Waals surface area contributed by atoms with Gasteiger partial charge >= 0.3 is 0 Å². The lowest BCUT2D eigenvalue weighted by atomic mass is 9.91. The molecule has 27 aromatic rings. The Morgan fingerprint density at radius 1 is 0.173 bits per heavy atom. The van der Waals surface area contributed by atoms with Crippen LogP contribution in [0, 0.1) is 0 Å². The molecule has 19 aromatic carbocycles. The van der Waals surface area contributed by atoms with Gasteiger partial charge < -0.3 is 38.2 Å². The molecule has 0 bridgehead atoms. The summed E-state index contributed by atoms with van der Waals surface area (Å²) in [6, 6.07) is 158. The minimum Gasteiger partial charge on any atom is -0.456 e. The molecule has 0 saturated carbocycles. The molecule has 6 aliphatic heterocycles. The van der Waals surface area contributed by atoms with Crippen molar-refractivity contribution < 1.29 is 8.83 Å². The molecule has 6 atom stereocenters. The lowest BCUT2D eigenvalue weighted by Crippen LogP contribution is -2.24. The van der Waals surface area contributed by atoms with Gasteiger partial charge in [-0.05, 0) is 241 Å². The molecular formula is C136H88N12O2. The number of fused-ring (bicyclic) bond motifs is 31. The van der Waals surface area contributed by atoms with E-state index in [0.29, 0.717) is 0 Å². The van der Waals surface area contributed by atoms with Crippen molar-refractivity contribution in [2.45, 2.75) is 36.3 Å². The van der Waals surface area contributed by atoms with Crippen LogP contribution in [0.2, 0.25) is 0 Å². The summed E-state index contributed by atoms with van der Waals surface area (Å²) in [7, 11) is 0. The van der Waals surface area contributed by atoms with E-state index >= 15 is 0 Å². The van der Waals surface area contributed by atoms with Crippen LogP contribution in [0.5, 0.6) is 0 Å². The van der Waals surface area contributed by atoms with Gasteiger partial charge in [0.05, 0.1) is 76.7 Å². The SMILES string of the molecule is c1ccc2c(c1)C1C(c3c(c4ccccc4c4ccccc34)N1c1cnc3ccccc3c1)N2c1cnc2ccccc2c1.c1ccc2cc3c(cc2c1)C1C(c2cc4ccccc4cc2N1c1ccc2c(c1)oc1ccccc12)N3c1ccc2c(c1)oc1ccccc12.c1cncc(-c2cc(-c3cccnc3)cc(N3c4ccccc4C4C3c3cc5ccccc5cc3N4c3cc(-c4cccnc4)cc(-c4cccnc4)c3)c2)c1. The number of hydrogen-bond acceptors (Lipinski definition) is 14. The topological polar surface area (TPSA) is 123 Å². The monoisotopic (exact) mass is 1920 g/mol. The van der Waals surface area contributed by atoms with E-state index in [1.165, 1.54) is 121 Å². The summed E-state index contributed by atoms with van der Waals surface area (Å²) in [4.78, 5) is 43.3.